The lowest BCUT2D eigenvalue weighted by atomic mass is 10.0. The molecule has 0 radical (unpaired) electrons. The molecule has 35 heavy (non-hydrogen) atoms. The summed E-state index contributed by atoms with van der Waals surface area (Å²) in [6.45, 7) is 0.668. The second-order valence-electron chi connectivity index (χ2n) is 7.52. The topological polar surface area (TPSA) is 117 Å². The number of thioether (sulfide) groups is 1. The van der Waals surface area contributed by atoms with Crippen LogP contribution < -0.4 is 5.56 Å². The maximum absolute atomic E-state index is 13.2. The van der Waals surface area contributed by atoms with Gasteiger partial charge in [-0.25, -0.2) is 4.39 Å². The van der Waals surface area contributed by atoms with Crippen LogP contribution in [-0.2, 0) is 11.3 Å². The predicted octanol–water partition coefficient (Wildman–Crippen LogP) is 3.60. The van der Waals surface area contributed by atoms with E-state index >= 15 is 0 Å². The Hall–Kier alpha value is -4.01. The summed E-state index contributed by atoms with van der Waals surface area (Å²) in [5.74, 6) is -1.96. The number of aromatic nitrogens is 1. The fourth-order valence-electron chi connectivity index (χ4n) is 3.56. The van der Waals surface area contributed by atoms with Gasteiger partial charge < -0.3 is 9.52 Å². The molecule has 1 aliphatic heterocycles. The van der Waals surface area contributed by atoms with E-state index in [2.05, 4.69) is 0 Å². The van der Waals surface area contributed by atoms with Gasteiger partial charge in [-0.15, -0.1) is 0 Å². The zero-order valence-corrected chi connectivity index (χ0v) is 19.8. The Bertz CT molecular complexity index is 1490. The van der Waals surface area contributed by atoms with Gasteiger partial charge in [0.25, 0.3) is 11.5 Å². The third kappa shape index (κ3) is 4.66. The van der Waals surface area contributed by atoms with Crippen LogP contribution in [0.5, 0.6) is 5.88 Å². The number of halogens is 1. The molecule has 0 atom stereocenters. The van der Waals surface area contributed by atoms with E-state index in [4.69, 9.17) is 16.6 Å². The minimum atomic E-state index is -0.775. The summed E-state index contributed by atoms with van der Waals surface area (Å²) in [7, 11) is 0. The fraction of sp³-hybridized carbons (Fsp3) is 0.125. The molecule has 0 spiro atoms. The monoisotopic (exact) mass is 509 g/mol. The van der Waals surface area contributed by atoms with E-state index in [1.807, 2.05) is 0 Å². The molecule has 1 saturated heterocycles. The molecule has 1 amide bonds. The molecule has 3 aromatic rings. The van der Waals surface area contributed by atoms with Gasteiger partial charge in [0.15, 0.2) is 5.78 Å². The average Bonchev–Trinajstić information content (AvgIpc) is 3.42. The Morgan fingerprint density at radius 1 is 1.29 bits per heavy atom. The Morgan fingerprint density at radius 3 is 2.63 bits per heavy atom. The molecule has 1 aromatic carbocycles. The lowest BCUT2D eigenvalue weighted by Crippen LogP contribution is -2.35. The minimum absolute atomic E-state index is 0.00277. The van der Waals surface area contributed by atoms with Gasteiger partial charge in [0.2, 0.25) is 5.88 Å². The summed E-state index contributed by atoms with van der Waals surface area (Å²) < 4.78 is 19.4. The van der Waals surface area contributed by atoms with Crippen LogP contribution >= 0.6 is 24.0 Å². The number of carbonyl (C=O) groups excluding carboxylic acids is 2. The molecular weight excluding hydrogens is 493 g/mol. The Morgan fingerprint density at radius 2 is 2.00 bits per heavy atom. The zero-order chi connectivity index (χ0) is 25.3. The average molecular weight is 510 g/mol. The number of hydrogen-bond donors (Lipinski definition) is 1. The van der Waals surface area contributed by atoms with Crippen LogP contribution in [0.25, 0.3) is 6.08 Å². The number of hydrogen-bond acceptors (Lipinski definition) is 8. The summed E-state index contributed by atoms with van der Waals surface area (Å²) in [6, 6.07) is 10.5. The molecule has 1 aliphatic rings. The molecule has 1 fully saturated rings. The quantitative estimate of drug-likeness (QED) is 0.304. The number of rotatable bonds is 6. The minimum Gasteiger partial charge on any atom is -0.494 e. The fourth-order valence-corrected chi connectivity index (χ4v) is 4.81. The molecule has 1 N–H and O–H groups in total. The van der Waals surface area contributed by atoms with Gasteiger partial charge in [0, 0.05) is 0 Å². The predicted molar refractivity (Wildman–Crippen MR) is 130 cm³/mol. The van der Waals surface area contributed by atoms with E-state index in [0.29, 0.717) is 11.3 Å². The van der Waals surface area contributed by atoms with Crippen molar-refractivity contribution < 1.29 is 23.5 Å². The third-order valence-corrected chi connectivity index (χ3v) is 6.69. The summed E-state index contributed by atoms with van der Waals surface area (Å²) in [6.07, 6.45) is 2.92. The van der Waals surface area contributed by atoms with Crippen LogP contribution in [0.2, 0.25) is 0 Å². The first-order valence-corrected chi connectivity index (χ1v) is 11.4. The van der Waals surface area contributed by atoms with Crippen molar-refractivity contribution in [2.45, 2.75) is 13.5 Å². The highest BCUT2D eigenvalue weighted by Crippen LogP contribution is 2.33. The number of aromatic hydroxyl groups is 1. The number of carbonyl (C=O) groups is 2. The Kier molecular flexibility index (Phi) is 6.68. The molecule has 8 nitrogen and oxygen atoms in total. The summed E-state index contributed by atoms with van der Waals surface area (Å²) in [5, 5.41) is 20.3. The molecule has 0 unspecified atom stereocenters. The second kappa shape index (κ2) is 9.69. The number of nitrogens with zero attached hydrogens (tertiary/aromatic N) is 3. The molecule has 0 saturated carbocycles. The van der Waals surface area contributed by atoms with Gasteiger partial charge in [-0.05, 0) is 48.4 Å². The highest BCUT2D eigenvalue weighted by atomic mass is 32.2. The van der Waals surface area contributed by atoms with E-state index in [1.165, 1.54) is 43.5 Å². The molecular formula is C24H16FN3O5S2. The summed E-state index contributed by atoms with van der Waals surface area (Å²) in [4.78, 5) is 40.2. The van der Waals surface area contributed by atoms with Gasteiger partial charge in [-0.1, -0.05) is 36.1 Å². The maximum atomic E-state index is 13.2. The van der Waals surface area contributed by atoms with E-state index < -0.39 is 35.5 Å². The summed E-state index contributed by atoms with van der Waals surface area (Å²) >= 11 is 6.25. The smallest absolute Gasteiger partial charge is 0.271 e. The lowest BCUT2D eigenvalue weighted by Gasteiger charge is -2.18. The van der Waals surface area contributed by atoms with Crippen LogP contribution in [0.3, 0.4) is 0 Å². The molecule has 3 heterocycles. The van der Waals surface area contributed by atoms with Crippen molar-refractivity contribution in [3.63, 3.8) is 0 Å². The number of nitriles is 1. The van der Waals surface area contributed by atoms with E-state index in [-0.39, 0.29) is 32.5 Å². The maximum Gasteiger partial charge on any atom is 0.271 e. The molecule has 2 aromatic heterocycles. The second-order valence-corrected chi connectivity index (χ2v) is 9.20. The first-order chi connectivity index (χ1) is 16.7. The van der Waals surface area contributed by atoms with Crippen LogP contribution in [-0.4, -0.2) is 37.1 Å². The normalized spacial score (nSPS) is 14.5. The number of ketones is 1. The van der Waals surface area contributed by atoms with Crippen molar-refractivity contribution >= 4 is 46.1 Å². The molecule has 0 aliphatic carbocycles. The first kappa shape index (κ1) is 24.1. The number of Topliss-reactive ketones (excluding diaryl/α,β-unsaturated/α-hetero) is 1. The molecule has 11 heteroatoms. The summed E-state index contributed by atoms with van der Waals surface area (Å²) in [5.41, 5.74) is -0.759. The zero-order valence-electron chi connectivity index (χ0n) is 18.1. The number of pyridine rings is 1. The van der Waals surface area contributed by atoms with Crippen molar-refractivity contribution in [2.75, 3.05) is 6.54 Å². The number of furan rings is 1. The number of amides is 1. The van der Waals surface area contributed by atoms with Gasteiger partial charge in [-0.3, -0.25) is 23.9 Å². The molecule has 0 bridgehead atoms. The lowest BCUT2D eigenvalue weighted by molar-refractivity contribution is -0.121. The number of thiocarbonyl (C=S) groups is 1. The third-order valence-electron chi connectivity index (χ3n) is 5.32. The molecule has 4 rings (SSSR count). The van der Waals surface area contributed by atoms with Gasteiger partial charge in [-0.2, -0.15) is 5.26 Å². The van der Waals surface area contributed by atoms with Crippen molar-refractivity contribution in [1.29, 1.82) is 5.26 Å². The largest absolute Gasteiger partial charge is 0.494 e. The van der Waals surface area contributed by atoms with Crippen LogP contribution in [0.4, 0.5) is 4.39 Å². The van der Waals surface area contributed by atoms with E-state index in [0.717, 1.165) is 21.2 Å². The van der Waals surface area contributed by atoms with Crippen LogP contribution in [0, 0.1) is 24.1 Å². The van der Waals surface area contributed by atoms with Crippen molar-refractivity contribution in [1.82, 2.24) is 9.47 Å². The van der Waals surface area contributed by atoms with Crippen molar-refractivity contribution in [3.05, 3.63) is 91.8 Å². The number of benzene rings is 1. The Labute approximate surface area is 207 Å². The van der Waals surface area contributed by atoms with E-state index in [9.17, 15) is 29.1 Å². The highest BCUT2D eigenvalue weighted by molar-refractivity contribution is 8.26. The molecule has 176 valence electrons. The van der Waals surface area contributed by atoms with Gasteiger partial charge >= 0.3 is 0 Å². The Balaban J connectivity index is 1.66. The van der Waals surface area contributed by atoms with E-state index in [1.54, 1.807) is 18.2 Å². The van der Waals surface area contributed by atoms with Crippen LogP contribution in [0.1, 0.15) is 32.8 Å². The van der Waals surface area contributed by atoms with Gasteiger partial charge in [0.05, 0.1) is 29.8 Å². The SMILES string of the molecule is Cc1c(C(=O)CN2C(=O)/C(=C/c3ccc(F)cc3)SC2=S)c(O)n(Cc2ccco2)c(=O)c1C#N. The van der Waals surface area contributed by atoms with Gasteiger partial charge in [0.1, 0.15) is 27.5 Å². The standard InChI is InChI=1S/C24H16FN3O5S2/c1-13-17(10-26)21(30)27(11-16-3-2-8-33-16)23(32)20(13)18(29)12-28-22(31)19(35-24(28)34)9-14-4-6-15(25)7-5-14/h2-9,32H,11-12H2,1H3/b19-9-. The van der Waals surface area contributed by atoms with Crippen LogP contribution in [0.15, 0.2) is 56.8 Å². The van der Waals surface area contributed by atoms with Crippen molar-refractivity contribution in [2.24, 2.45) is 0 Å². The first-order valence-electron chi connectivity index (χ1n) is 10.1. The van der Waals surface area contributed by atoms with Crippen molar-refractivity contribution in [3.8, 4) is 11.9 Å². The highest BCUT2D eigenvalue weighted by Gasteiger charge is 2.35.